The van der Waals surface area contributed by atoms with E-state index in [1.165, 1.54) is 0 Å². The molecule has 1 unspecified atom stereocenters. The van der Waals surface area contributed by atoms with E-state index in [0.29, 0.717) is 18.5 Å². The fraction of sp³-hybridized carbons (Fsp3) is 0.522. The second kappa shape index (κ2) is 10.9. The van der Waals surface area contributed by atoms with Crippen LogP contribution in [0, 0.1) is 6.92 Å². The molecule has 168 valence electrons. The lowest BCUT2D eigenvalue weighted by molar-refractivity contribution is 0.133. The van der Waals surface area contributed by atoms with Crippen molar-refractivity contribution in [2.45, 2.75) is 65.4 Å². The number of hydrogen-bond donors (Lipinski definition) is 2. The first kappa shape index (κ1) is 22.8. The van der Waals surface area contributed by atoms with Crippen LogP contribution in [0.15, 0.2) is 24.4 Å². The van der Waals surface area contributed by atoms with Gasteiger partial charge < -0.3 is 20.3 Å². The van der Waals surface area contributed by atoms with Gasteiger partial charge in [0.2, 0.25) is 0 Å². The molecule has 0 amide bonds. The number of nitrogens with zero attached hydrogens (tertiary/aromatic N) is 4. The zero-order valence-corrected chi connectivity index (χ0v) is 18.7. The van der Waals surface area contributed by atoms with Gasteiger partial charge in [0.25, 0.3) is 0 Å². The van der Waals surface area contributed by atoms with Crippen molar-refractivity contribution in [2.24, 2.45) is 0 Å². The molecule has 31 heavy (non-hydrogen) atoms. The molecule has 3 rings (SSSR count). The lowest BCUT2D eigenvalue weighted by Gasteiger charge is -2.16. The van der Waals surface area contributed by atoms with Gasteiger partial charge >= 0.3 is 6.01 Å². The fourth-order valence-corrected chi connectivity index (χ4v) is 3.46. The van der Waals surface area contributed by atoms with E-state index in [1.54, 1.807) is 10.7 Å². The molecular formula is C23H33N5O3. The zero-order valence-electron chi connectivity index (χ0n) is 18.7. The molecule has 3 N–H and O–H groups in total. The number of fused-ring (bicyclic) bond motifs is 1. The third-order valence-electron chi connectivity index (χ3n) is 5.23. The average Bonchev–Trinajstić information content (AvgIpc) is 3.14. The van der Waals surface area contributed by atoms with Gasteiger partial charge in [-0.3, -0.25) is 0 Å². The van der Waals surface area contributed by atoms with Crippen molar-refractivity contribution in [1.82, 2.24) is 19.6 Å². The van der Waals surface area contributed by atoms with E-state index in [9.17, 15) is 5.11 Å². The topological polar surface area (TPSA) is 108 Å². The Hall–Kier alpha value is -2.87. The minimum absolute atomic E-state index is 0.0517. The molecule has 0 radical (unpaired) electrons. The summed E-state index contributed by atoms with van der Waals surface area (Å²) in [6.07, 6.45) is 6.70. The standard InChI is InChI=1S/C23H33N5O3/c1-4-6-12-30-20-9-8-17(16(3)13-20)14-18-15-25-22-21(24)26-23(27-28(18)22)31-19(7-5-2)10-11-29/h8-9,13,15,19,29H,4-7,10-12,14H2,1-3H3,(H2,24,26,27). The van der Waals surface area contributed by atoms with Crippen LogP contribution >= 0.6 is 0 Å². The van der Waals surface area contributed by atoms with Crippen LogP contribution in [0.5, 0.6) is 11.8 Å². The maximum Gasteiger partial charge on any atom is 0.336 e. The largest absolute Gasteiger partial charge is 0.494 e. The molecule has 8 nitrogen and oxygen atoms in total. The smallest absolute Gasteiger partial charge is 0.336 e. The van der Waals surface area contributed by atoms with Crippen molar-refractivity contribution < 1.29 is 14.6 Å². The maximum atomic E-state index is 9.28. The van der Waals surface area contributed by atoms with Gasteiger partial charge in [-0.05, 0) is 43.0 Å². The summed E-state index contributed by atoms with van der Waals surface area (Å²) in [6, 6.07) is 6.35. The lowest BCUT2D eigenvalue weighted by Crippen LogP contribution is -2.20. The van der Waals surface area contributed by atoms with Gasteiger partial charge in [0.05, 0.1) is 18.5 Å². The van der Waals surface area contributed by atoms with E-state index in [-0.39, 0.29) is 24.5 Å². The number of aliphatic hydroxyl groups is 1. The number of anilines is 1. The van der Waals surface area contributed by atoms with Crippen LogP contribution in [0.1, 0.15) is 62.8 Å². The van der Waals surface area contributed by atoms with Crippen molar-refractivity contribution in [1.29, 1.82) is 0 Å². The van der Waals surface area contributed by atoms with Crippen molar-refractivity contribution in [2.75, 3.05) is 18.9 Å². The molecule has 2 aromatic heterocycles. The highest BCUT2D eigenvalue weighted by Crippen LogP contribution is 2.22. The van der Waals surface area contributed by atoms with Crippen LogP contribution in [-0.2, 0) is 6.42 Å². The molecule has 3 aromatic rings. The highest BCUT2D eigenvalue weighted by molar-refractivity contribution is 5.60. The van der Waals surface area contributed by atoms with Crippen LogP contribution < -0.4 is 15.2 Å². The maximum absolute atomic E-state index is 9.28. The Morgan fingerprint density at radius 1 is 1.19 bits per heavy atom. The normalized spacial score (nSPS) is 12.3. The summed E-state index contributed by atoms with van der Waals surface area (Å²) in [4.78, 5) is 8.65. The molecule has 0 saturated carbocycles. The number of aromatic nitrogens is 4. The van der Waals surface area contributed by atoms with E-state index in [4.69, 9.17) is 15.2 Å². The molecule has 1 aromatic carbocycles. The molecule has 1 atom stereocenters. The lowest BCUT2D eigenvalue weighted by atomic mass is 10.0. The van der Waals surface area contributed by atoms with Crippen LogP contribution in [-0.4, -0.2) is 44.0 Å². The fourth-order valence-electron chi connectivity index (χ4n) is 3.46. The molecule has 0 fully saturated rings. The zero-order chi connectivity index (χ0) is 22.2. The molecule has 0 aliphatic heterocycles. The van der Waals surface area contributed by atoms with Crippen molar-refractivity contribution in [3.8, 4) is 11.8 Å². The Labute approximate surface area is 183 Å². The van der Waals surface area contributed by atoms with E-state index in [1.807, 2.05) is 6.07 Å². The quantitative estimate of drug-likeness (QED) is 0.424. The van der Waals surface area contributed by atoms with Gasteiger partial charge in [-0.1, -0.05) is 32.8 Å². The second-order valence-electron chi connectivity index (χ2n) is 7.77. The molecule has 0 spiro atoms. The Bertz CT molecular complexity index is 983. The first-order valence-corrected chi connectivity index (χ1v) is 11.1. The number of aliphatic hydroxyl groups excluding tert-OH is 1. The molecule has 2 heterocycles. The van der Waals surface area contributed by atoms with Crippen molar-refractivity contribution >= 4 is 11.5 Å². The Morgan fingerprint density at radius 2 is 2.03 bits per heavy atom. The summed E-state index contributed by atoms with van der Waals surface area (Å²) in [5, 5.41) is 13.8. The summed E-state index contributed by atoms with van der Waals surface area (Å²) in [7, 11) is 0. The Balaban J connectivity index is 1.82. The molecule has 0 saturated heterocycles. The first-order chi connectivity index (χ1) is 15.0. The van der Waals surface area contributed by atoms with Crippen LogP contribution in [0.4, 0.5) is 5.82 Å². The minimum Gasteiger partial charge on any atom is -0.494 e. The van der Waals surface area contributed by atoms with Gasteiger partial charge in [-0.25, -0.2) is 9.50 Å². The Morgan fingerprint density at radius 3 is 2.74 bits per heavy atom. The highest BCUT2D eigenvalue weighted by Gasteiger charge is 2.16. The SMILES string of the molecule is CCCCOc1ccc(Cc2cnc3c(N)nc(OC(CCC)CCO)nn23)c(C)c1. The third kappa shape index (κ3) is 5.85. The van der Waals surface area contributed by atoms with Gasteiger partial charge in [-0.15, -0.1) is 5.10 Å². The number of aryl methyl sites for hydroxylation is 1. The summed E-state index contributed by atoms with van der Waals surface area (Å²) in [6.45, 7) is 7.08. The van der Waals surface area contributed by atoms with Gasteiger partial charge in [0.1, 0.15) is 11.9 Å². The Kier molecular flexibility index (Phi) is 8.06. The number of imidazole rings is 1. The molecule has 8 heteroatoms. The highest BCUT2D eigenvalue weighted by atomic mass is 16.5. The van der Waals surface area contributed by atoms with E-state index in [2.05, 4.69) is 48.0 Å². The van der Waals surface area contributed by atoms with Gasteiger partial charge in [0.15, 0.2) is 11.5 Å². The number of hydrogen-bond acceptors (Lipinski definition) is 7. The number of ether oxygens (including phenoxy) is 2. The minimum atomic E-state index is -0.152. The number of nitrogens with two attached hydrogens (primary N) is 1. The molecule has 0 aliphatic carbocycles. The van der Waals surface area contributed by atoms with Crippen molar-refractivity contribution in [3.63, 3.8) is 0 Å². The number of benzene rings is 1. The first-order valence-electron chi connectivity index (χ1n) is 11.1. The van der Waals surface area contributed by atoms with Gasteiger partial charge in [0, 0.05) is 19.4 Å². The van der Waals surface area contributed by atoms with E-state index >= 15 is 0 Å². The van der Waals surface area contributed by atoms with E-state index < -0.39 is 0 Å². The predicted octanol–water partition coefficient (Wildman–Crippen LogP) is 3.71. The number of unbranched alkanes of at least 4 members (excludes halogenated alkanes) is 1. The van der Waals surface area contributed by atoms with Crippen molar-refractivity contribution in [3.05, 3.63) is 41.2 Å². The summed E-state index contributed by atoms with van der Waals surface area (Å²) in [5.74, 6) is 1.16. The number of nitrogen functional groups attached to an aromatic ring is 1. The van der Waals surface area contributed by atoms with Crippen LogP contribution in [0.3, 0.4) is 0 Å². The summed E-state index contributed by atoms with van der Waals surface area (Å²) < 4.78 is 13.4. The van der Waals surface area contributed by atoms with Gasteiger partial charge in [-0.2, -0.15) is 4.98 Å². The third-order valence-corrected chi connectivity index (χ3v) is 5.23. The monoisotopic (exact) mass is 427 g/mol. The molecule has 0 aliphatic rings. The van der Waals surface area contributed by atoms with E-state index in [0.717, 1.165) is 54.9 Å². The molecule has 0 bridgehead atoms. The summed E-state index contributed by atoms with van der Waals surface area (Å²) in [5.41, 5.74) is 9.82. The summed E-state index contributed by atoms with van der Waals surface area (Å²) >= 11 is 0. The molecular weight excluding hydrogens is 394 g/mol. The predicted molar refractivity (Wildman–Crippen MR) is 121 cm³/mol. The average molecular weight is 428 g/mol. The van der Waals surface area contributed by atoms with Crippen LogP contribution in [0.25, 0.3) is 5.65 Å². The van der Waals surface area contributed by atoms with Crippen LogP contribution in [0.2, 0.25) is 0 Å². The second-order valence-corrected chi connectivity index (χ2v) is 7.77. The number of rotatable bonds is 12.